The minimum absolute atomic E-state index is 0.0253. The summed E-state index contributed by atoms with van der Waals surface area (Å²) in [5, 5.41) is 11.8. The van der Waals surface area contributed by atoms with Crippen LogP contribution in [0.25, 0.3) is 0 Å². The Morgan fingerprint density at radius 1 is 1.29 bits per heavy atom. The Kier molecular flexibility index (Phi) is 3.94. The van der Waals surface area contributed by atoms with Crippen LogP contribution in [0.1, 0.15) is 45.1 Å². The molecule has 0 bridgehead atoms. The van der Waals surface area contributed by atoms with E-state index >= 15 is 0 Å². The summed E-state index contributed by atoms with van der Waals surface area (Å²) in [6, 6.07) is 7.40. The van der Waals surface area contributed by atoms with Gasteiger partial charge in [0.05, 0.1) is 5.41 Å². The van der Waals surface area contributed by atoms with Gasteiger partial charge in [0.25, 0.3) is 0 Å². The SMILES string of the molecule is CC(C)(CCC(=O)O)NC(=O)C1(c2ccc(N)cc2)CC1. The number of carboxylic acids is 1. The maximum absolute atomic E-state index is 12.6. The number of carbonyl (C=O) groups is 2. The predicted octanol–water partition coefficient (Wildman–Crippen LogP) is 2.06. The summed E-state index contributed by atoms with van der Waals surface area (Å²) in [6.45, 7) is 3.71. The second kappa shape index (κ2) is 5.39. The molecule has 0 aromatic heterocycles. The van der Waals surface area contributed by atoms with E-state index in [0.717, 1.165) is 18.4 Å². The third-order valence-corrected chi connectivity index (χ3v) is 4.06. The van der Waals surface area contributed by atoms with E-state index in [0.29, 0.717) is 12.1 Å². The van der Waals surface area contributed by atoms with E-state index < -0.39 is 16.9 Å². The highest BCUT2D eigenvalue weighted by atomic mass is 16.4. The molecule has 0 heterocycles. The molecule has 0 atom stereocenters. The fourth-order valence-corrected chi connectivity index (χ4v) is 2.48. The topological polar surface area (TPSA) is 92.4 Å². The molecule has 114 valence electrons. The summed E-state index contributed by atoms with van der Waals surface area (Å²) in [7, 11) is 0. The van der Waals surface area contributed by atoms with Gasteiger partial charge < -0.3 is 16.2 Å². The molecular formula is C16H22N2O3. The summed E-state index contributed by atoms with van der Waals surface area (Å²) in [5.74, 6) is -0.875. The molecule has 1 fully saturated rings. The van der Waals surface area contributed by atoms with Crippen molar-refractivity contribution in [1.29, 1.82) is 0 Å². The lowest BCUT2D eigenvalue weighted by Crippen LogP contribution is -2.48. The molecule has 1 aliphatic carbocycles. The quantitative estimate of drug-likeness (QED) is 0.699. The number of aliphatic carboxylic acids is 1. The summed E-state index contributed by atoms with van der Waals surface area (Å²) in [4.78, 5) is 23.3. The van der Waals surface area contributed by atoms with Crippen molar-refractivity contribution in [2.75, 3.05) is 5.73 Å². The molecule has 0 saturated heterocycles. The lowest BCUT2D eigenvalue weighted by molar-refractivity contribution is -0.138. The van der Waals surface area contributed by atoms with E-state index in [1.54, 1.807) is 12.1 Å². The third-order valence-electron chi connectivity index (χ3n) is 4.06. The standard InChI is InChI=1S/C16H22N2O3/c1-15(2,8-7-13(19)20)18-14(21)16(9-10-16)11-3-5-12(17)6-4-11/h3-6H,7-10,17H2,1-2H3,(H,18,21)(H,19,20). The fourth-order valence-electron chi connectivity index (χ4n) is 2.48. The van der Waals surface area contributed by atoms with E-state index in [2.05, 4.69) is 5.32 Å². The monoisotopic (exact) mass is 290 g/mol. The second-order valence-electron chi connectivity index (χ2n) is 6.44. The number of nitrogens with one attached hydrogen (secondary N) is 1. The molecule has 2 rings (SSSR count). The van der Waals surface area contributed by atoms with Crippen LogP contribution in [0.5, 0.6) is 0 Å². The normalized spacial score (nSPS) is 16.3. The molecule has 0 aliphatic heterocycles. The van der Waals surface area contributed by atoms with Crippen LogP contribution in [0.15, 0.2) is 24.3 Å². The van der Waals surface area contributed by atoms with Crippen LogP contribution in [0.3, 0.4) is 0 Å². The summed E-state index contributed by atoms with van der Waals surface area (Å²) in [5.41, 5.74) is 6.34. The first-order valence-electron chi connectivity index (χ1n) is 7.16. The largest absolute Gasteiger partial charge is 0.481 e. The van der Waals surface area contributed by atoms with Gasteiger partial charge in [-0.05, 0) is 50.8 Å². The average molecular weight is 290 g/mol. The molecule has 0 radical (unpaired) electrons. The Morgan fingerprint density at radius 3 is 2.33 bits per heavy atom. The van der Waals surface area contributed by atoms with Crippen molar-refractivity contribution in [3.05, 3.63) is 29.8 Å². The first-order valence-corrected chi connectivity index (χ1v) is 7.16. The molecule has 1 aliphatic rings. The van der Waals surface area contributed by atoms with E-state index in [1.165, 1.54) is 0 Å². The number of amides is 1. The van der Waals surface area contributed by atoms with Crippen LogP contribution in [0.2, 0.25) is 0 Å². The van der Waals surface area contributed by atoms with E-state index in [1.807, 2.05) is 26.0 Å². The zero-order chi connectivity index (χ0) is 15.7. The zero-order valence-electron chi connectivity index (χ0n) is 12.5. The van der Waals surface area contributed by atoms with Gasteiger partial charge in [-0.2, -0.15) is 0 Å². The van der Waals surface area contributed by atoms with Crippen LogP contribution < -0.4 is 11.1 Å². The maximum Gasteiger partial charge on any atom is 0.303 e. The van der Waals surface area contributed by atoms with Gasteiger partial charge in [0.2, 0.25) is 5.91 Å². The number of rotatable bonds is 6. The first kappa shape index (κ1) is 15.4. The van der Waals surface area contributed by atoms with Crippen LogP contribution in [0.4, 0.5) is 5.69 Å². The lowest BCUT2D eigenvalue weighted by Gasteiger charge is -2.28. The Labute approximate surface area is 124 Å². The summed E-state index contributed by atoms with van der Waals surface area (Å²) >= 11 is 0. The van der Waals surface area contributed by atoms with Gasteiger partial charge in [-0.15, -0.1) is 0 Å². The second-order valence-corrected chi connectivity index (χ2v) is 6.44. The highest BCUT2D eigenvalue weighted by molar-refractivity contribution is 5.91. The Balaban J connectivity index is 2.06. The number of hydrogen-bond donors (Lipinski definition) is 3. The Hall–Kier alpha value is -2.04. The Morgan fingerprint density at radius 2 is 1.86 bits per heavy atom. The fraction of sp³-hybridized carbons (Fsp3) is 0.500. The zero-order valence-corrected chi connectivity index (χ0v) is 12.5. The molecule has 5 nitrogen and oxygen atoms in total. The number of carbonyl (C=O) groups excluding carboxylic acids is 1. The van der Waals surface area contributed by atoms with Gasteiger partial charge in [-0.3, -0.25) is 9.59 Å². The molecule has 1 aromatic carbocycles. The van der Waals surface area contributed by atoms with Crippen LogP contribution in [-0.2, 0) is 15.0 Å². The maximum atomic E-state index is 12.6. The number of benzene rings is 1. The summed E-state index contributed by atoms with van der Waals surface area (Å²) < 4.78 is 0. The van der Waals surface area contributed by atoms with Crippen molar-refractivity contribution in [2.24, 2.45) is 0 Å². The van der Waals surface area contributed by atoms with Crippen molar-refractivity contribution in [3.63, 3.8) is 0 Å². The van der Waals surface area contributed by atoms with Gasteiger partial charge in [0.15, 0.2) is 0 Å². The molecule has 4 N–H and O–H groups in total. The highest BCUT2D eigenvalue weighted by Gasteiger charge is 2.52. The first-order chi connectivity index (χ1) is 9.75. The minimum atomic E-state index is -0.850. The molecular weight excluding hydrogens is 268 g/mol. The number of hydrogen-bond acceptors (Lipinski definition) is 3. The van der Waals surface area contributed by atoms with Crippen LogP contribution >= 0.6 is 0 Å². The average Bonchev–Trinajstić information content (AvgIpc) is 3.18. The molecule has 1 saturated carbocycles. The number of nitrogens with two attached hydrogens (primary N) is 1. The van der Waals surface area contributed by atoms with E-state index in [4.69, 9.17) is 10.8 Å². The Bertz CT molecular complexity index is 545. The molecule has 1 amide bonds. The predicted molar refractivity (Wildman–Crippen MR) is 80.9 cm³/mol. The molecule has 0 unspecified atom stereocenters. The van der Waals surface area contributed by atoms with Crippen molar-refractivity contribution < 1.29 is 14.7 Å². The van der Waals surface area contributed by atoms with Crippen LogP contribution in [-0.4, -0.2) is 22.5 Å². The van der Waals surface area contributed by atoms with Gasteiger partial charge in [-0.1, -0.05) is 12.1 Å². The van der Waals surface area contributed by atoms with E-state index in [9.17, 15) is 9.59 Å². The van der Waals surface area contributed by atoms with E-state index in [-0.39, 0.29) is 12.3 Å². The van der Waals surface area contributed by atoms with Crippen LogP contribution in [0, 0.1) is 0 Å². The van der Waals surface area contributed by atoms with Gasteiger partial charge in [0.1, 0.15) is 0 Å². The lowest BCUT2D eigenvalue weighted by atomic mass is 9.91. The molecule has 1 aromatic rings. The van der Waals surface area contributed by atoms with Crippen molar-refractivity contribution >= 4 is 17.6 Å². The third kappa shape index (κ3) is 3.54. The van der Waals surface area contributed by atoms with Gasteiger partial charge in [-0.25, -0.2) is 0 Å². The number of carboxylic acid groups (broad SMARTS) is 1. The van der Waals surface area contributed by atoms with Crippen molar-refractivity contribution in [3.8, 4) is 0 Å². The highest BCUT2D eigenvalue weighted by Crippen LogP contribution is 2.48. The minimum Gasteiger partial charge on any atom is -0.481 e. The smallest absolute Gasteiger partial charge is 0.303 e. The molecule has 21 heavy (non-hydrogen) atoms. The summed E-state index contributed by atoms with van der Waals surface area (Å²) in [6.07, 6.45) is 2.09. The van der Waals surface area contributed by atoms with Gasteiger partial charge in [0, 0.05) is 17.6 Å². The number of nitrogen functional groups attached to an aromatic ring is 1. The van der Waals surface area contributed by atoms with Crippen molar-refractivity contribution in [1.82, 2.24) is 5.32 Å². The van der Waals surface area contributed by atoms with Gasteiger partial charge >= 0.3 is 5.97 Å². The molecule has 5 heteroatoms. The molecule has 0 spiro atoms. The number of anilines is 1. The van der Waals surface area contributed by atoms with Crippen molar-refractivity contribution in [2.45, 2.75) is 50.5 Å².